The normalized spacial score (nSPS) is 20.1. The summed E-state index contributed by atoms with van der Waals surface area (Å²) in [4.78, 5) is 54.7. The third-order valence-electron chi connectivity index (χ3n) is 16.9. The zero-order valence-corrected chi connectivity index (χ0v) is 64.2. The first-order valence-electron chi connectivity index (χ1n) is 37.9. The fourth-order valence-electron chi connectivity index (χ4n) is 11.7. The standard InChI is InChI=1S/C83H123N2O17P/c1-11-18-22-26-29-32-34-36-37-39-41-43-45-49-53-59-74(88)84-77-81(94-66-60-71(92-10)57-52-47-25-21-14-4)79(102-103(90,97-62-16-6)98-63-17-7)73(68-91-9)101-83(77)96-65-55-58-72-78(99-69(8)86)80(93-64-54-50-46-31-28-24-20-13-3)76(82(100-72)95-61-15-5)85-75(89)67-70(87)56-51-48-44-42-40-38-35-33-30-27-23-19-12-2/h2,15-17,32,34,61,71-73,76-83H,6-7,11,13-14,18,20-22,24-26,28-29,31,36-37,39,41,43,45-50,52-55,57-60,62-68H2,1,3-5,8-10H3,(H,84,88)(H,85,89)/t71-,72-,73-,76-,77-,78-,79-,80-,81-,82+,83-/m1/s1. The van der Waals surface area contributed by atoms with Gasteiger partial charge in [-0.25, -0.2) is 4.57 Å². The Kier molecular flexibility index (Phi) is 56.6. The van der Waals surface area contributed by atoms with Gasteiger partial charge in [-0.05, 0) is 136 Å². The van der Waals surface area contributed by atoms with Gasteiger partial charge in [0.1, 0.15) is 42.6 Å². The van der Waals surface area contributed by atoms with Gasteiger partial charge in [0, 0.05) is 47.4 Å². The quantitative estimate of drug-likeness (QED) is 0.00845. The zero-order valence-electron chi connectivity index (χ0n) is 63.3. The Hall–Kier alpha value is -6.41. The Morgan fingerprint density at radius 1 is 0.573 bits per heavy atom. The van der Waals surface area contributed by atoms with Gasteiger partial charge < -0.3 is 53.3 Å². The minimum atomic E-state index is -4.43. The van der Waals surface area contributed by atoms with Crippen molar-refractivity contribution in [3.63, 3.8) is 0 Å². The highest BCUT2D eigenvalue weighted by Crippen LogP contribution is 2.52. The number of phosphoric ester groups is 1. The van der Waals surface area contributed by atoms with Crippen molar-refractivity contribution in [1.82, 2.24) is 10.6 Å². The minimum absolute atomic E-state index is 0.00191. The van der Waals surface area contributed by atoms with E-state index in [-0.39, 0.29) is 77.3 Å². The number of carbonyl (C=O) groups excluding carboxylic acids is 4. The molecule has 0 spiro atoms. The molecule has 2 N–H and O–H groups in total. The number of carbonyl (C=O) groups is 4. The van der Waals surface area contributed by atoms with Crippen LogP contribution in [0, 0.1) is 83.4 Å². The van der Waals surface area contributed by atoms with Gasteiger partial charge in [0.2, 0.25) is 23.9 Å². The van der Waals surface area contributed by atoms with Gasteiger partial charge in [-0.1, -0.05) is 191 Å². The molecule has 0 aromatic carbocycles. The zero-order chi connectivity index (χ0) is 75.1. The number of hydrogen-bond donors (Lipinski definition) is 2. The number of ether oxygens (including phenoxy) is 9. The largest absolute Gasteiger partial charge is 0.475 e. The van der Waals surface area contributed by atoms with Crippen LogP contribution in [0.15, 0.2) is 49.8 Å². The van der Waals surface area contributed by atoms with Crippen molar-refractivity contribution >= 4 is 31.4 Å². The van der Waals surface area contributed by atoms with Crippen molar-refractivity contribution in [2.45, 2.75) is 314 Å². The molecule has 0 aliphatic carbocycles. The molecular formula is C83H123N2O17P. The molecule has 0 aromatic rings. The Morgan fingerprint density at radius 3 is 1.69 bits per heavy atom. The van der Waals surface area contributed by atoms with E-state index in [1.807, 2.05) is 0 Å². The molecule has 0 unspecified atom stereocenters. The van der Waals surface area contributed by atoms with Gasteiger partial charge in [0.05, 0.1) is 45.0 Å². The third kappa shape index (κ3) is 44.9. The Morgan fingerprint density at radius 2 is 1.10 bits per heavy atom. The van der Waals surface area contributed by atoms with Crippen LogP contribution < -0.4 is 10.6 Å². The van der Waals surface area contributed by atoms with Gasteiger partial charge in [-0.15, -0.1) is 19.6 Å². The summed E-state index contributed by atoms with van der Waals surface area (Å²) in [6.07, 6.45) is 36.2. The van der Waals surface area contributed by atoms with Gasteiger partial charge in [0.25, 0.3) is 0 Å². The molecule has 2 saturated heterocycles. The lowest BCUT2D eigenvalue weighted by Crippen LogP contribution is -2.66. The van der Waals surface area contributed by atoms with Gasteiger partial charge in [0.15, 0.2) is 12.4 Å². The Labute approximate surface area is 620 Å². The second-order valence-corrected chi connectivity index (χ2v) is 27.1. The molecule has 2 amide bonds. The summed E-state index contributed by atoms with van der Waals surface area (Å²) in [6.45, 7) is 17.1. The van der Waals surface area contributed by atoms with Crippen LogP contribution in [0.25, 0.3) is 0 Å². The van der Waals surface area contributed by atoms with Crippen LogP contribution in [0.1, 0.15) is 247 Å². The maximum atomic E-state index is 14.6. The van der Waals surface area contributed by atoms with Gasteiger partial charge >= 0.3 is 13.8 Å². The van der Waals surface area contributed by atoms with E-state index in [1.54, 1.807) is 20.1 Å². The molecule has 2 aliphatic heterocycles. The van der Waals surface area contributed by atoms with Gasteiger partial charge in [-0.2, -0.15) is 0 Å². The number of methoxy groups -OCH3 is 2. The predicted octanol–water partition coefficient (Wildman–Crippen LogP) is 14.9. The topological polar surface area (TPSA) is 220 Å². The number of allylic oxidation sites excluding steroid dienone is 3. The maximum Gasteiger partial charge on any atom is 0.475 e. The first kappa shape index (κ1) is 92.7. The molecule has 0 bridgehead atoms. The smallest absolute Gasteiger partial charge is 0.471 e. The van der Waals surface area contributed by atoms with E-state index in [0.717, 1.165) is 122 Å². The fourth-order valence-corrected chi connectivity index (χ4v) is 13.0. The maximum absolute atomic E-state index is 14.6. The number of Topliss-reactive ketones (excluding diaryl/α,β-unsaturated/α-hetero) is 1. The van der Waals surface area contributed by atoms with E-state index in [0.29, 0.717) is 19.3 Å². The second kappa shape index (κ2) is 62.9. The van der Waals surface area contributed by atoms with Crippen molar-refractivity contribution in [2.75, 3.05) is 53.9 Å². The number of unbranched alkanes of at least 4 members (excludes halogenated alkanes) is 22. The molecule has 0 saturated carbocycles. The summed E-state index contributed by atoms with van der Waals surface area (Å²) in [5.41, 5.74) is 0. The first-order chi connectivity index (χ1) is 50.3. The van der Waals surface area contributed by atoms with E-state index in [1.165, 1.54) is 71.0 Å². The van der Waals surface area contributed by atoms with E-state index in [4.69, 9.17) is 62.6 Å². The van der Waals surface area contributed by atoms with Crippen molar-refractivity contribution < 1.29 is 79.9 Å². The summed E-state index contributed by atoms with van der Waals surface area (Å²) in [5, 5.41) is 6.12. The number of amides is 2. The van der Waals surface area contributed by atoms with Crippen molar-refractivity contribution in [3.8, 4) is 83.4 Å². The summed E-state index contributed by atoms with van der Waals surface area (Å²) in [6, 6.07) is -2.16. The molecule has 572 valence electrons. The third-order valence-corrected chi connectivity index (χ3v) is 18.3. The van der Waals surface area contributed by atoms with Crippen LogP contribution >= 0.6 is 7.82 Å². The highest BCUT2D eigenvalue weighted by atomic mass is 31.2. The van der Waals surface area contributed by atoms with Crippen molar-refractivity contribution in [1.29, 1.82) is 0 Å². The highest BCUT2D eigenvalue weighted by molar-refractivity contribution is 7.48. The molecule has 2 aliphatic rings. The van der Waals surface area contributed by atoms with Gasteiger partial charge in [-0.3, -0.25) is 32.7 Å². The monoisotopic (exact) mass is 1450 g/mol. The van der Waals surface area contributed by atoms with Crippen molar-refractivity contribution in [2.24, 2.45) is 0 Å². The molecule has 2 rings (SSSR count). The molecule has 0 radical (unpaired) electrons. The predicted molar refractivity (Wildman–Crippen MR) is 405 cm³/mol. The van der Waals surface area contributed by atoms with Crippen LogP contribution in [0.4, 0.5) is 0 Å². The number of hydrogen-bond acceptors (Lipinski definition) is 17. The molecular weight excluding hydrogens is 1330 g/mol. The van der Waals surface area contributed by atoms with Crippen LogP contribution in [-0.2, 0) is 79.9 Å². The Balaban J connectivity index is 2.59. The number of esters is 1. The SMILES string of the molecule is C#CC#CC#CC#CC#CC#CCC#CC(=O)CC(=O)N[C@H]1[C@@H](OC=CC)O[C@H](CCCO[C@@H]2O[C@H](COC)[C@@H](OP(=O)(OCC=C)OCC=C)[C@H](OCC[C@@H](CCCCCCC)OC)[C@H]2NC(=O)CCCCCCCCCC=CCCCCCC)[C@@H](OC(C)=O)[C@@H]1OCCCCCCCCCC. The van der Waals surface area contributed by atoms with E-state index >= 15 is 0 Å². The number of rotatable bonds is 58. The van der Waals surface area contributed by atoms with Crippen LogP contribution in [-0.4, -0.2) is 145 Å². The number of phosphoric acid groups is 1. The fraction of sp³-hybridized carbons (Fsp3) is 0.687. The molecule has 2 fully saturated rings. The molecule has 2 heterocycles. The lowest BCUT2D eigenvalue weighted by atomic mass is 9.93. The number of nitrogens with one attached hydrogen (secondary N) is 2. The molecule has 11 atom stereocenters. The summed E-state index contributed by atoms with van der Waals surface area (Å²) < 4.78 is 90.3. The average molecular weight is 1450 g/mol. The molecule has 0 aromatic heterocycles. The molecule has 103 heavy (non-hydrogen) atoms. The van der Waals surface area contributed by atoms with Crippen molar-refractivity contribution in [3.05, 3.63) is 49.8 Å². The summed E-state index contributed by atoms with van der Waals surface area (Å²) >= 11 is 0. The Bertz CT molecular complexity index is 2930. The van der Waals surface area contributed by atoms with E-state index in [2.05, 4.69) is 134 Å². The average Bonchev–Trinajstić information content (AvgIpc) is 0.788. The number of terminal acetylenes is 1. The summed E-state index contributed by atoms with van der Waals surface area (Å²) in [5.74, 6) is 30.2. The number of ketones is 1. The van der Waals surface area contributed by atoms with E-state index < -0.39 is 93.2 Å². The van der Waals surface area contributed by atoms with Crippen LogP contribution in [0.5, 0.6) is 0 Å². The van der Waals surface area contributed by atoms with Crippen LogP contribution in [0.2, 0.25) is 0 Å². The van der Waals surface area contributed by atoms with Crippen LogP contribution in [0.3, 0.4) is 0 Å². The lowest BCUT2D eigenvalue weighted by molar-refractivity contribution is -0.278. The highest BCUT2D eigenvalue weighted by Gasteiger charge is 2.53. The second-order valence-electron chi connectivity index (χ2n) is 25.5. The lowest BCUT2D eigenvalue weighted by Gasteiger charge is -2.46. The first-order valence-corrected chi connectivity index (χ1v) is 39.3. The molecule has 20 heteroatoms. The summed E-state index contributed by atoms with van der Waals surface area (Å²) in [7, 11) is -1.25. The van der Waals surface area contributed by atoms with E-state index in [9.17, 15) is 23.7 Å². The minimum Gasteiger partial charge on any atom is -0.471 e. The molecule has 19 nitrogen and oxygen atoms in total.